The Morgan fingerprint density at radius 3 is 2.48 bits per heavy atom. The van der Waals surface area contributed by atoms with Gasteiger partial charge in [0.05, 0.1) is 22.2 Å². The van der Waals surface area contributed by atoms with Crippen LogP contribution in [0, 0.1) is 0 Å². The number of carboxylic acid groups (broad SMARTS) is 1. The molecular weight excluding hydrogens is 331 g/mol. The summed E-state index contributed by atoms with van der Waals surface area (Å²) < 4.78 is 5.53. The molecule has 21 heavy (non-hydrogen) atoms. The van der Waals surface area contributed by atoms with Gasteiger partial charge < -0.3 is 9.84 Å². The Kier molecular flexibility index (Phi) is 5.79. The smallest absolute Gasteiger partial charge is 0.335 e. The fourth-order valence-electron chi connectivity index (χ4n) is 1.64. The minimum absolute atomic E-state index is 0.203. The van der Waals surface area contributed by atoms with E-state index in [9.17, 15) is 4.79 Å². The van der Waals surface area contributed by atoms with Crippen LogP contribution in [0.4, 0.5) is 0 Å². The van der Waals surface area contributed by atoms with E-state index in [1.165, 1.54) is 23.9 Å². The van der Waals surface area contributed by atoms with Crippen LogP contribution in [0.5, 0.6) is 5.75 Å². The Balaban J connectivity index is 1.88. The lowest BCUT2D eigenvalue weighted by molar-refractivity contribution is 0.0696. The summed E-state index contributed by atoms with van der Waals surface area (Å²) in [5.41, 5.74) is 0.203. The van der Waals surface area contributed by atoms with Crippen LogP contribution in [0.3, 0.4) is 0 Å². The van der Waals surface area contributed by atoms with Gasteiger partial charge in [0.25, 0.3) is 0 Å². The minimum atomic E-state index is -0.974. The van der Waals surface area contributed by atoms with Crippen molar-refractivity contribution < 1.29 is 14.6 Å². The molecular formula is C15H12Cl2O3S. The van der Waals surface area contributed by atoms with Crippen molar-refractivity contribution in [2.45, 2.75) is 4.90 Å². The molecule has 0 aliphatic rings. The average Bonchev–Trinajstić information content (AvgIpc) is 2.46. The van der Waals surface area contributed by atoms with Crippen LogP contribution in [0.15, 0.2) is 47.4 Å². The molecule has 0 aliphatic carbocycles. The van der Waals surface area contributed by atoms with Crippen molar-refractivity contribution in [3.63, 3.8) is 0 Å². The third-order valence-corrected chi connectivity index (χ3v) is 4.55. The van der Waals surface area contributed by atoms with Crippen molar-refractivity contribution in [3.05, 3.63) is 58.1 Å². The molecule has 0 radical (unpaired) electrons. The molecule has 2 aromatic rings. The number of halogens is 2. The van der Waals surface area contributed by atoms with E-state index in [0.717, 1.165) is 4.90 Å². The van der Waals surface area contributed by atoms with Crippen molar-refractivity contribution in [1.82, 2.24) is 0 Å². The van der Waals surface area contributed by atoms with E-state index in [1.807, 2.05) is 0 Å². The fraction of sp³-hybridized carbons (Fsp3) is 0.133. The van der Waals surface area contributed by atoms with Gasteiger partial charge in [0.1, 0.15) is 5.75 Å². The van der Waals surface area contributed by atoms with Crippen LogP contribution in [0.2, 0.25) is 10.0 Å². The molecule has 1 N–H and O–H groups in total. The summed E-state index contributed by atoms with van der Waals surface area (Å²) >= 11 is 13.6. The number of benzene rings is 2. The largest absolute Gasteiger partial charge is 0.493 e. The molecule has 110 valence electrons. The Hall–Kier alpha value is -1.36. The Bertz CT molecular complexity index is 626. The molecule has 2 aromatic carbocycles. The highest BCUT2D eigenvalue weighted by Crippen LogP contribution is 2.33. The van der Waals surface area contributed by atoms with Crippen molar-refractivity contribution in [1.29, 1.82) is 0 Å². The number of carbonyl (C=O) groups is 1. The second kappa shape index (κ2) is 7.59. The van der Waals surface area contributed by atoms with E-state index in [2.05, 4.69) is 0 Å². The van der Waals surface area contributed by atoms with Crippen LogP contribution >= 0.6 is 35.0 Å². The lowest BCUT2D eigenvalue weighted by Crippen LogP contribution is -2.02. The number of hydrogen-bond donors (Lipinski definition) is 1. The Labute approximate surface area is 136 Å². The summed E-state index contributed by atoms with van der Waals surface area (Å²) in [6.45, 7) is 0.426. The number of aromatic carboxylic acids is 1. The second-order valence-corrected chi connectivity index (χ2v) is 6.00. The number of rotatable bonds is 6. The van der Waals surface area contributed by atoms with E-state index < -0.39 is 5.97 Å². The summed E-state index contributed by atoms with van der Waals surface area (Å²) in [4.78, 5) is 11.7. The average molecular weight is 343 g/mol. The maximum Gasteiger partial charge on any atom is 0.335 e. The van der Waals surface area contributed by atoms with Gasteiger partial charge in [0.15, 0.2) is 0 Å². The molecule has 0 aromatic heterocycles. The highest BCUT2D eigenvalue weighted by molar-refractivity contribution is 7.99. The third-order valence-electron chi connectivity index (χ3n) is 2.60. The van der Waals surface area contributed by atoms with E-state index in [1.54, 1.807) is 30.3 Å². The van der Waals surface area contributed by atoms with Crippen molar-refractivity contribution in [2.24, 2.45) is 0 Å². The van der Waals surface area contributed by atoms with Gasteiger partial charge in [-0.2, -0.15) is 0 Å². The van der Waals surface area contributed by atoms with Crippen LogP contribution < -0.4 is 4.74 Å². The van der Waals surface area contributed by atoms with Gasteiger partial charge in [-0.3, -0.25) is 0 Å². The molecule has 0 fully saturated rings. The molecule has 0 saturated heterocycles. The lowest BCUT2D eigenvalue weighted by Gasteiger charge is -2.08. The molecule has 0 bridgehead atoms. The molecule has 0 spiro atoms. The van der Waals surface area contributed by atoms with Crippen LogP contribution in [0.25, 0.3) is 0 Å². The predicted octanol–water partition coefficient (Wildman–Crippen LogP) is 4.86. The first-order valence-electron chi connectivity index (χ1n) is 6.11. The standard InChI is InChI=1S/C15H12Cl2O3S/c16-12-5-2-6-13(17)14(12)21-8-7-20-11-4-1-3-10(9-11)15(18)19/h1-6,9H,7-8H2,(H,18,19). The summed E-state index contributed by atoms with van der Waals surface area (Å²) in [5, 5.41) is 10.1. The first-order chi connectivity index (χ1) is 10.1. The molecule has 0 saturated carbocycles. The molecule has 2 rings (SSSR count). The van der Waals surface area contributed by atoms with Crippen LogP contribution in [0.1, 0.15) is 10.4 Å². The highest BCUT2D eigenvalue weighted by Gasteiger charge is 2.07. The van der Waals surface area contributed by atoms with Crippen LogP contribution in [-0.4, -0.2) is 23.4 Å². The molecule has 6 heteroatoms. The predicted molar refractivity (Wildman–Crippen MR) is 86.1 cm³/mol. The molecule has 0 unspecified atom stereocenters. The maximum atomic E-state index is 10.9. The summed E-state index contributed by atoms with van der Waals surface area (Å²) in [6, 6.07) is 11.8. The topological polar surface area (TPSA) is 46.5 Å². The summed E-state index contributed by atoms with van der Waals surface area (Å²) in [5.74, 6) is 0.208. The third kappa shape index (κ3) is 4.56. The fourth-order valence-corrected chi connectivity index (χ4v) is 3.15. The van der Waals surface area contributed by atoms with Gasteiger partial charge in [-0.05, 0) is 30.3 Å². The molecule has 0 amide bonds. The van der Waals surface area contributed by atoms with Crippen molar-refractivity contribution in [3.8, 4) is 5.75 Å². The first kappa shape index (κ1) is 16.0. The molecule has 3 nitrogen and oxygen atoms in total. The van der Waals surface area contributed by atoms with Gasteiger partial charge in [-0.25, -0.2) is 4.79 Å². The Morgan fingerprint density at radius 2 is 1.81 bits per heavy atom. The van der Waals surface area contributed by atoms with Gasteiger partial charge >= 0.3 is 5.97 Å². The summed E-state index contributed by atoms with van der Waals surface area (Å²) in [7, 11) is 0. The van der Waals surface area contributed by atoms with Crippen molar-refractivity contribution >= 4 is 40.9 Å². The number of carboxylic acids is 1. The monoisotopic (exact) mass is 342 g/mol. The quantitative estimate of drug-likeness (QED) is 0.601. The maximum absolute atomic E-state index is 10.9. The number of thioether (sulfide) groups is 1. The molecule has 0 atom stereocenters. The first-order valence-corrected chi connectivity index (χ1v) is 7.85. The Morgan fingerprint density at radius 1 is 1.14 bits per heavy atom. The normalized spacial score (nSPS) is 10.4. The molecule has 0 aliphatic heterocycles. The van der Waals surface area contributed by atoms with Crippen molar-refractivity contribution in [2.75, 3.05) is 12.4 Å². The van der Waals surface area contributed by atoms with E-state index in [4.69, 9.17) is 33.0 Å². The van der Waals surface area contributed by atoms with Gasteiger partial charge in [-0.1, -0.05) is 35.3 Å². The van der Waals surface area contributed by atoms with E-state index >= 15 is 0 Å². The van der Waals surface area contributed by atoms with E-state index in [0.29, 0.717) is 28.2 Å². The SMILES string of the molecule is O=C(O)c1cccc(OCCSc2c(Cl)cccc2Cl)c1. The zero-order chi connectivity index (χ0) is 15.2. The summed E-state index contributed by atoms with van der Waals surface area (Å²) in [6.07, 6.45) is 0. The zero-order valence-corrected chi connectivity index (χ0v) is 13.2. The zero-order valence-electron chi connectivity index (χ0n) is 10.9. The molecule has 0 heterocycles. The van der Waals surface area contributed by atoms with E-state index in [-0.39, 0.29) is 5.56 Å². The van der Waals surface area contributed by atoms with Gasteiger partial charge in [0, 0.05) is 10.6 Å². The van der Waals surface area contributed by atoms with Gasteiger partial charge in [0.2, 0.25) is 0 Å². The highest BCUT2D eigenvalue weighted by atomic mass is 35.5. The minimum Gasteiger partial charge on any atom is -0.493 e. The lowest BCUT2D eigenvalue weighted by atomic mass is 10.2. The number of ether oxygens (including phenoxy) is 1. The van der Waals surface area contributed by atoms with Gasteiger partial charge in [-0.15, -0.1) is 11.8 Å². The second-order valence-electron chi connectivity index (χ2n) is 4.08. The number of hydrogen-bond acceptors (Lipinski definition) is 3. The van der Waals surface area contributed by atoms with Crippen LogP contribution in [-0.2, 0) is 0 Å².